The SMILES string of the molecule is CCC1CCC(C)N1C(=O)Oc1ccccc1. The van der Waals surface area contributed by atoms with E-state index in [0.29, 0.717) is 11.8 Å². The van der Waals surface area contributed by atoms with E-state index in [0.717, 1.165) is 19.3 Å². The van der Waals surface area contributed by atoms with Crippen LogP contribution in [0.4, 0.5) is 4.79 Å². The van der Waals surface area contributed by atoms with Crippen molar-refractivity contribution in [2.24, 2.45) is 0 Å². The average Bonchev–Trinajstić information content (AvgIpc) is 2.71. The third-order valence-electron chi connectivity index (χ3n) is 3.42. The van der Waals surface area contributed by atoms with Crippen LogP contribution in [0.1, 0.15) is 33.1 Å². The number of ether oxygens (including phenoxy) is 1. The molecule has 1 aromatic carbocycles. The Morgan fingerprint density at radius 1 is 1.35 bits per heavy atom. The molecule has 0 aliphatic carbocycles. The molecule has 0 saturated carbocycles. The van der Waals surface area contributed by atoms with Crippen LogP contribution in [-0.4, -0.2) is 23.1 Å². The Kier molecular flexibility index (Phi) is 3.67. The Balaban J connectivity index is 2.04. The van der Waals surface area contributed by atoms with Gasteiger partial charge in [0.05, 0.1) is 0 Å². The summed E-state index contributed by atoms with van der Waals surface area (Å²) in [6, 6.07) is 9.88. The number of hydrogen-bond acceptors (Lipinski definition) is 2. The van der Waals surface area contributed by atoms with Gasteiger partial charge in [0.15, 0.2) is 0 Å². The van der Waals surface area contributed by atoms with Crippen LogP contribution in [0, 0.1) is 0 Å². The summed E-state index contributed by atoms with van der Waals surface area (Å²) in [5.74, 6) is 0.617. The van der Waals surface area contributed by atoms with Crippen molar-refractivity contribution in [2.45, 2.75) is 45.2 Å². The Morgan fingerprint density at radius 3 is 2.71 bits per heavy atom. The van der Waals surface area contributed by atoms with E-state index in [9.17, 15) is 4.79 Å². The topological polar surface area (TPSA) is 29.5 Å². The second-order valence-corrected chi connectivity index (χ2v) is 4.58. The molecular weight excluding hydrogens is 214 g/mol. The predicted molar refractivity (Wildman–Crippen MR) is 67.1 cm³/mol. The lowest BCUT2D eigenvalue weighted by atomic mass is 10.2. The molecule has 2 unspecified atom stereocenters. The fourth-order valence-electron chi connectivity index (χ4n) is 2.44. The number of carbonyl (C=O) groups excluding carboxylic acids is 1. The minimum absolute atomic E-state index is 0.215. The lowest BCUT2D eigenvalue weighted by molar-refractivity contribution is 0.131. The molecule has 1 heterocycles. The van der Waals surface area contributed by atoms with E-state index < -0.39 is 0 Å². The second-order valence-electron chi connectivity index (χ2n) is 4.58. The molecule has 92 valence electrons. The highest BCUT2D eigenvalue weighted by Gasteiger charge is 2.34. The number of likely N-dealkylation sites (tertiary alicyclic amines) is 1. The zero-order valence-corrected chi connectivity index (χ0v) is 10.4. The first kappa shape index (κ1) is 12.0. The molecule has 1 aromatic rings. The number of rotatable bonds is 2. The van der Waals surface area contributed by atoms with E-state index in [1.54, 1.807) is 12.1 Å². The van der Waals surface area contributed by atoms with Crippen molar-refractivity contribution in [1.29, 1.82) is 0 Å². The number of amides is 1. The summed E-state index contributed by atoms with van der Waals surface area (Å²) in [7, 11) is 0. The fraction of sp³-hybridized carbons (Fsp3) is 0.500. The Bertz CT molecular complexity index is 377. The summed E-state index contributed by atoms with van der Waals surface area (Å²) in [5.41, 5.74) is 0. The van der Waals surface area contributed by atoms with E-state index >= 15 is 0 Å². The normalized spacial score (nSPS) is 23.8. The highest BCUT2D eigenvalue weighted by Crippen LogP contribution is 2.27. The van der Waals surface area contributed by atoms with Crippen molar-refractivity contribution < 1.29 is 9.53 Å². The minimum Gasteiger partial charge on any atom is -0.410 e. The van der Waals surface area contributed by atoms with Crippen molar-refractivity contribution in [1.82, 2.24) is 4.90 Å². The van der Waals surface area contributed by atoms with Crippen LogP contribution >= 0.6 is 0 Å². The number of benzene rings is 1. The molecule has 0 radical (unpaired) electrons. The molecule has 0 bridgehead atoms. The van der Waals surface area contributed by atoms with Gasteiger partial charge in [-0.1, -0.05) is 25.1 Å². The molecule has 0 spiro atoms. The second kappa shape index (κ2) is 5.21. The third kappa shape index (κ3) is 2.60. The summed E-state index contributed by atoms with van der Waals surface area (Å²) in [6.07, 6.45) is 2.94. The van der Waals surface area contributed by atoms with E-state index in [-0.39, 0.29) is 12.1 Å². The molecular formula is C14H19NO2. The van der Waals surface area contributed by atoms with Gasteiger partial charge >= 0.3 is 6.09 Å². The molecule has 2 atom stereocenters. The molecule has 3 heteroatoms. The van der Waals surface area contributed by atoms with Gasteiger partial charge in [-0.05, 0) is 38.3 Å². The summed E-state index contributed by atoms with van der Waals surface area (Å²) in [6.45, 7) is 4.20. The van der Waals surface area contributed by atoms with Gasteiger partial charge in [0.2, 0.25) is 0 Å². The number of nitrogens with zero attached hydrogens (tertiary/aromatic N) is 1. The molecule has 1 aliphatic rings. The van der Waals surface area contributed by atoms with Gasteiger partial charge in [-0.3, -0.25) is 0 Å². The Morgan fingerprint density at radius 2 is 2.06 bits per heavy atom. The lowest BCUT2D eigenvalue weighted by Gasteiger charge is -2.26. The quantitative estimate of drug-likeness (QED) is 0.783. The van der Waals surface area contributed by atoms with Crippen LogP contribution in [-0.2, 0) is 0 Å². The van der Waals surface area contributed by atoms with Gasteiger partial charge in [-0.2, -0.15) is 0 Å². The summed E-state index contributed by atoms with van der Waals surface area (Å²) in [5, 5.41) is 0. The number of para-hydroxylation sites is 1. The lowest BCUT2D eigenvalue weighted by Crippen LogP contribution is -2.41. The van der Waals surface area contributed by atoms with E-state index in [1.165, 1.54) is 0 Å². The van der Waals surface area contributed by atoms with Crippen LogP contribution < -0.4 is 4.74 Å². The Hall–Kier alpha value is -1.51. The largest absolute Gasteiger partial charge is 0.415 e. The zero-order valence-electron chi connectivity index (χ0n) is 10.4. The van der Waals surface area contributed by atoms with Crippen LogP contribution in [0.15, 0.2) is 30.3 Å². The van der Waals surface area contributed by atoms with Crippen LogP contribution in [0.5, 0.6) is 5.75 Å². The summed E-state index contributed by atoms with van der Waals surface area (Å²) < 4.78 is 5.39. The van der Waals surface area contributed by atoms with Crippen LogP contribution in [0.3, 0.4) is 0 Å². The van der Waals surface area contributed by atoms with Gasteiger partial charge in [-0.25, -0.2) is 4.79 Å². The smallest absolute Gasteiger partial charge is 0.410 e. The first-order chi connectivity index (χ1) is 8.22. The number of carbonyl (C=O) groups is 1. The monoisotopic (exact) mass is 233 g/mol. The van der Waals surface area contributed by atoms with Gasteiger partial charge < -0.3 is 9.64 Å². The first-order valence-electron chi connectivity index (χ1n) is 6.27. The highest BCUT2D eigenvalue weighted by molar-refractivity contribution is 5.71. The van der Waals surface area contributed by atoms with E-state index in [1.807, 2.05) is 23.1 Å². The number of hydrogen-bond donors (Lipinski definition) is 0. The third-order valence-corrected chi connectivity index (χ3v) is 3.42. The van der Waals surface area contributed by atoms with Gasteiger partial charge in [-0.15, -0.1) is 0 Å². The highest BCUT2D eigenvalue weighted by atomic mass is 16.6. The predicted octanol–water partition coefficient (Wildman–Crippen LogP) is 3.45. The van der Waals surface area contributed by atoms with Crippen molar-refractivity contribution in [3.05, 3.63) is 30.3 Å². The molecule has 1 amide bonds. The van der Waals surface area contributed by atoms with Gasteiger partial charge in [0.25, 0.3) is 0 Å². The maximum absolute atomic E-state index is 12.1. The van der Waals surface area contributed by atoms with E-state index in [2.05, 4.69) is 13.8 Å². The molecule has 0 aromatic heterocycles. The average molecular weight is 233 g/mol. The van der Waals surface area contributed by atoms with Gasteiger partial charge in [0.1, 0.15) is 5.75 Å². The van der Waals surface area contributed by atoms with Crippen LogP contribution in [0.25, 0.3) is 0 Å². The molecule has 2 rings (SSSR count). The van der Waals surface area contributed by atoms with Gasteiger partial charge in [0, 0.05) is 12.1 Å². The van der Waals surface area contributed by atoms with Crippen molar-refractivity contribution in [3.63, 3.8) is 0 Å². The van der Waals surface area contributed by atoms with Crippen molar-refractivity contribution in [3.8, 4) is 5.75 Å². The Labute approximate surface area is 102 Å². The standard InChI is InChI=1S/C14H19NO2/c1-3-12-10-9-11(2)15(12)14(16)17-13-7-5-4-6-8-13/h4-8,11-12H,3,9-10H2,1-2H3. The van der Waals surface area contributed by atoms with Crippen molar-refractivity contribution >= 4 is 6.09 Å². The van der Waals surface area contributed by atoms with Crippen molar-refractivity contribution in [2.75, 3.05) is 0 Å². The molecule has 3 nitrogen and oxygen atoms in total. The maximum Gasteiger partial charge on any atom is 0.415 e. The van der Waals surface area contributed by atoms with Crippen LogP contribution in [0.2, 0.25) is 0 Å². The first-order valence-corrected chi connectivity index (χ1v) is 6.27. The summed E-state index contributed by atoms with van der Waals surface area (Å²) in [4.78, 5) is 14.0. The maximum atomic E-state index is 12.1. The molecule has 1 fully saturated rings. The minimum atomic E-state index is -0.215. The fourth-order valence-corrected chi connectivity index (χ4v) is 2.44. The van der Waals surface area contributed by atoms with E-state index in [4.69, 9.17) is 4.74 Å². The molecule has 1 saturated heterocycles. The molecule has 0 N–H and O–H groups in total. The zero-order chi connectivity index (χ0) is 12.3. The molecule has 1 aliphatic heterocycles. The molecule has 17 heavy (non-hydrogen) atoms. The summed E-state index contributed by atoms with van der Waals surface area (Å²) >= 11 is 0.